The van der Waals surface area contributed by atoms with Crippen LogP contribution in [-0.4, -0.2) is 24.9 Å². The van der Waals surface area contributed by atoms with E-state index in [1.807, 2.05) is 11.6 Å². The number of aromatic amines is 1. The van der Waals surface area contributed by atoms with Crippen LogP contribution in [0.15, 0.2) is 28.2 Å². The van der Waals surface area contributed by atoms with E-state index in [9.17, 15) is 14.4 Å². The Morgan fingerprint density at radius 2 is 2.16 bits per heavy atom. The molecule has 0 saturated heterocycles. The van der Waals surface area contributed by atoms with Crippen molar-refractivity contribution in [1.29, 1.82) is 0 Å². The number of hydrogen-bond donors (Lipinski definition) is 1. The van der Waals surface area contributed by atoms with Gasteiger partial charge in [-0.1, -0.05) is 0 Å². The van der Waals surface area contributed by atoms with Crippen molar-refractivity contribution >= 4 is 5.78 Å². The molecule has 0 unspecified atom stereocenters. The van der Waals surface area contributed by atoms with E-state index in [1.165, 1.54) is 6.92 Å². The Bertz CT molecular complexity index is 723. The maximum atomic E-state index is 12.0. The fraction of sp³-hybridized carbons (Fsp3) is 0.333. The molecule has 0 bridgehead atoms. The van der Waals surface area contributed by atoms with Crippen molar-refractivity contribution < 1.29 is 4.79 Å². The third kappa shape index (κ3) is 2.54. The van der Waals surface area contributed by atoms with Gasteiger partial charge in [0.05, 0.1) is 5.56 Å². The normalized spacial score (nSPS) is 10.6. The van der Waals surface area contributed by atoms with E-state index in [4.69, 9.17) is 0 Å². The lowest BCUT2D eigenvalue weighted by Gasteiger charge is -2.05. The van der Waals surface area contributed by atoms with Crippen molar-refractivity contribution in [2.45, 2.75) is 19.9 Å². The molecule has 0 aromatic carbocycles. The van der Waals surface area contributed by atoms with Gasteiger partial charge in [0.25, 0.3) is 5.56 Å². The molecular formula is C12H14N4O3. The average molecular weight is 262 g/mol. The Balaban J connectivity index is 2.33. The highest BCUT2D eigenvalue weighted by molar-refractivity contribution is 5.93. The Morgan fingerprint density at radius 3 is 2.74 bits per heavy atom. The number of carbonyl (C=O) groups excluding carboxylic acids is 1. The van der Waals surface area contributed by atoms with Gasteiger partial charge in [-0.25, -0.2) is 9.78 Å². The summed E-state index contributed by atoms with van der Waals surface area (Å²) in [5.41, 5.74) is -1.10. The molecular weight excluding hydrogens is 248 g/mol. The number of ketones is 1. The maximum absolute atomic E-state index is 12.0. The molecule has 0 saturated carbocycles. The number of carbonyl (C=O) groups is 1. The third-order valence-electron chi connectivity index (χ3n) is 2.92. The number of aryl methyl sites for hydroxylation is 2. The van der Waals surface area contributed by atoms with Crippen molar-refractivity contribution in [3.63, 3.8) is 0 Å². The fourth-order valence-electron chi connectivity index (χ4n) is 1.82. The highest BCUT2D eigenvalue weighted by Crippen LogP contribution is 1.96. The van der Waals surface area contributed by atoms with Gasteiger partial charge < -0.3 is 9.55 Å². The van der Waals surface area contributed by atoms with Crippen LogP contribution in [0.25, 0.3) is 0 Å². The molecule has 0 radical (unpaired) electrons. The third-order valence-corrected chi connectivity index (χ3v) is 2.92. The lowest BCUT2D eigenvalue weighted by molar-refractivity contribution is 0.101. The number of aromatic nitrogens is 4. The molecule has 7 heteroatoms. The Labute approximate surface area is 108 Å². The highest BCUT2D eigenvalue weighted by atomic mass is 16.2. The number of nitrogens with one attached hydrogen (secondary N) is 1. The first-order chi connectivity index (χ1) is 9.00. The quantitative estimate of drug-likeness (QED) is 0.767. The van der Waals surface area contributed by atoms with Crippen LogP contribution < -0.4 is 11.2 Å². The van der Waals surface area contributed by atoms with Crippen LogP contribution in [0.2, 0.25) is 0 Å². The van der Waals surface area contributed by atoms with Crippen molar-refractivity contribution in [2.24, 2.45) is 7.05 Å². The minimum absolute atomic E-state index is 0.0144. The van der Waals surface area contributed by atoms with Gasteiger partial charge in [0.1, 0.15) is 5.82 Å². The zero-order valence-electron chi connectivity index (χ0n) is 10.7. The van der Waals surface area contributed by atoms with Gasteiger partial charge in [-0.2, -0.15) is 0 Å². The van der Waals surface area contributed by atoms with Gasteiger partial charge in [0.15, 0.2) is 5.78 Å². The molecule has 0 amide bonds. The predicted octanol–water partition coefficient (Wildman–Crippen LogP) is -0.285. The van der Waals surface area contributed by atoms with Gasteiger partial charge >= 0.3 is 5.69 Å². The second kappa shape index (κ2) is 5.05. The smallest absolute Gasteiger partial charge is 0.328 e. The fourth-order valence-corrected chi connectivity index (χ4v) is 1.82. The first kappa shape index (κ1) is 13.0. The molecule has 0 aliphatic carbocycles. The summed E-state index contributed by atoms with van der Waals surface area (Å²) in [6, 6.07) is 0. The van der Waals surface area contributed by atoms with Crippen molar-refractivity contribution in [3.05, 3.63) is 50.8 Å². The number of hydrogen-bond acceptors (Lipinski definition) is 4. The molecule has 0 spiro atoms. The van der Waals surface area contributed by atoms with Crippen molar-refractivity contribution in [3.8, 4) is 0 Å². The lowest BCUT2D eigenvalue weighted by atomic mass is 10.2. The van der Waals surface area contributed by atoms with Gasteiger partial charge in [-0.05, 0) is 6.92 Å². The number of imidazole rings is 1. The van der Waals surface area contributed by atoms with Gasteiger partial charge in [0.2, 0.25) is 0 Å². The van der Waals surface area contributed by atoms with E-state index < -0.39 is 11.2 Å². The van der Waals surface area contributed by atoms with Crippen LogP contribution in [0.4, 0.5) is 0 Å². The van der Waals surface area contributed by atoms with Crippen LogP contribution in [0, 0.1) is 0 Å². The molecule has 0 aliphatic heterocycles. The second-order valence-electron chi connectivity index (χ2n) is 4.22. The molecule has 0 fully saturated rings. The molecule has 100 valence electrons. The second-order valence-corrected chi connectivity index (χ2v) is 4.22. The highest BCUT2D eigenvalue weighted by Gasteiger charge is 2.11. The van der Waals surface area contributed by atoms with Crippen LogP contribution >= 0.6 is 0 Å². The van der Waals surface area contributed by atoms with E-state index in [0.29, 0.717) is 6.42 Å². The average Bonchev–Trinajstić information content (AvgIpc) is 2.74. The van der Waals surface area contributed by atoms with E-state index in [0.717, 1.165) is 16.6 Å². The molecule has 2 aromatic rings. The van der Waals surface area contributed by atoms with E-state index in [-0.39, 0.29) is 17.9 Å². The summed E-state index contributed by atoms with van der Waals surface area (Å²) in [6.07, 6.45) is 5.03. The monoisotopic (exact) mass is 262 g/mol. The van der Waals surface area contributed by atoms with Crippen LogP contribution in [0.5, 0.6) is 0 Å². The first-order valence-electron chi connectivity index (χ1n) is 5.80. The Morgan fingerprint density at radius 1 is 1.42 bits per heavy atom. The number of nitrogens with zero attached hydrogens (tertiary/aromatic N) is 3. The molecule has 7 nitrogen and oxygen atoms in total. The maximum Gasteiger partial charge on any atom is 0.328 e. The van der Waals surface area contributed by atoms with Crippen molar-refractivity contribution in [1.82, 2.24) is 19.1 Å². The molecule has 1 N–H and O–H groups in total. The molecule has 2 aromatic heterocycles. The topological polar surface area (TPSA) is 89.8 Å². The van der Waals surface area contributed by atoms with E-state index >= 15 is 0 Å². The number of Topliss-reactive ketones (excluding diaryl/α,β-unsaturated/α-hetero) is 1. The molecule has 2 heterocycles. The SMILES string of the molecule is CC(=O)c1c[nH]c(=O)n(CCc2nccn2C)c1=O. The summed E-state index contributed by atoms with van der Waals surface area (Å²) in [7, 11) is 1.83. The molecule has 0 aliphatic rings. The summed E-state index contributed by atoms with van der Waals surface area (Å²) in [5, 5.41) is 0. The summed E-state index contributed by atoms with van der Waals surface area (Å²) in [5.74, 6) is 0.395. The Kier molecular flexibility index (Phi) is 3.46. The summed E-state index contributed by atoms with van der Waals surface area (Å²) in [4.78, 5) is 41.4. The van der Waals surface area contributed by atoms with E-state index in [1.54, 1.807) is 12.4 Å². The van der Waals surface area contributed by atoms with Crippen LogP contribution in [0.3, 0.4) is 0 Å². The largest absolute Gasteiger partial charge is 0.338 e. The van der Waals surface area contributed by atoms with E-state index in [2.05, 4.69) is 9.97 Å². The lowest BCUT2D eigenvalue weighted by Crippen LogP contribution is -2.38. The number of H-pyrrole nitrogens is 1. The standard InChI is InChI=1S/C12H14N4O3/c1-8(17)9-7-14-12(19)16(11(9)18)5-3-10-13-4-6-15(10)2/h4,6-7H,3,5H2,1-2H3,(H,14,19). The minimum atomic E-state index is -0.564. The molecule has 0 atom stereocenters. The molecule has 2 rings (SSSR count). The summed E-state index contributed by atoms with van der Waals surface area (Å²) >= 11 is 0. The minimum Gasteiger partial charge on any atom is -0.338 e. The summed E-state index contributed by atoms with van der Waals surface area (Å²) < 4.78 is 2.83. The Hall–Kier alpha value is -2.44. The van der Waals surface area contributed by atoms with Gasteiger partial charge in [-0.3, -0.25) is 14.2 Å². The molecule has 19 heavy (non-hydrogen) atoms. The summed E-state index contributed by atoms with van der Waals surface area (Å²) in [6.45, 7) is 1.47. The zero-order chi connectivity index (χ0) is 14.0. The van der Waals surface area contributed by atoms with Crippen LogP contribution in [0.1, 0.15) is 23.1 Å². The van der Waals surface area contributed by atoms with Gasteiger partial charge in [0, 0.05) is 38.6 Å². The zero-order valence-corrected chi connectivity index (χ0v) is 10.7. The van der Waals surface area contributed by atoms with Crippen molar-refractivity contribution in [2.75, 3.05) is 0 Å². The predicted molar refractivity (Wildman–Crippen MR) is 68.2 cm³/mol. The number of rotatable bonds is 4. The first-order valence-corrected chi connectivity index (χ1v) is 5.80. The van der Waals surface area contributed by atoms with Crippen LogP contribution in [-0.2, 0) is 20.0 Å². The van der Waals surface area contributed by atoms with Gasteiger partial charge in [-0.15, -0.1) is 0 Å².